The molecule has 0 saturated carbocycles. The molecule has 0 aliphatic rings. The van der Waals surface area contributed by atoms with Crippen LogP contribution in [0.25, 0.3) is 0 Å². The summed E-state index contributed by atoms with van der Waals surface area (Å²) >= 11 is 7.45. The van der Waals surface area contributed by atoms with Gasteiger partial charge < -0.3 is 5.73 Å². The van der Waals surface area contributed by atoms with Gasteiger partial charge in [0.2, 0.25) is 0 Å². The summed E-state index contributed by atoms with van der Waals surface area (Å²) in [5.74, 6) is 0. The molecule has 5 heteroatoms. The molecule has 80 valence electrons. The first-order chi connectivity index (χ1) is 7.20. The summed E-state index contributed by atoms with van der Waals surface area (Å²) in [6, 6.07) is 3.93. The van der Waals surface area contributed by atoms with Gasteiger partial charge in [0.15, 0.2) is 0 Å². The first kappa shape index (κ1) is 10.7. The molecule has 3 nitrogen and oxygen atoms in total. The summed E-state index contributed by atoms with van der Waals surface area (Å²) in [5.41, 5.74) is 7.81. The van der Waals surface area contributed by atoms with Crippen LogP contribution in [0, 0.1) is 6.92 Å². The van der Waals surface area contributed by atoms with Crippen molar-refractivity contribution in [2.24, 2.45) is 5.73 Å². The monoisotopic (exact) mass is 241 g/mol. The van der Waals surface area contributed by atoms with Crippen molar-refractivity contribution in [3.8, 4) is 0 Å². The maximum atomic E-state index is 5.87. The van der Waals surface area contributed by atoms with Gasteiger partial charge in [0.25, 0.3) is 0 Å². The SMILES string of the molecule is Cc1c(CN)cnn1Cc1ccc(Cl)s1. The Morgan fingerprint density at radius 2 is 2.33 bits per heavy atom. The molecule has 0 aliphatic carbocycles. The molecule has 2 aromatic rings. The summed E-state index contributed by atoms with van der Waals surface area (Å²) in [6.07, 6.45) is 1.82. The molecule has 0 fully saturated rings. The highest BCUT2D eigenvalue weighted by Crippen LogP contribution is 2.22. The van der Waals surface area contributed by atoms with E-state index in [1.165, 1.54) is 4.88 Å². The third-order valence-corrected chi connectivity index (χ3v) is 3.58. The second-order valence-electron chi connectivity index (χ2n) is 3.32. The Kier molecular flexibility index (Phi) is 3.09. The van der Waals surface area contributed by atoms with Crippen molar-refractivity contribution in [1.29, 1.82) is 0 Å². The summed E-state index contributed by atoms with van der Waals surface area (Å²) in [4.78, 5) is 1.20. The molecular formula is C10H12ClN3S. The summed E-state index contributed by atoms with van der Waals surface area (Å²) < 4.78 is 2.76. The van der Waals surface area contributed by atoms with Gasteiger partial charge >= 0.3 is 0 Å². The lowest BCUT2D eigenvalue weighted by atomic mass is 10.3. The van der Waals surface area contributed by atoms with Crippen LogP contribution in [0.2, 0.25) is 4.34 Å². The molecule has 0 unspecified atom stereocenters. The second kappa shape index (κ2) is 4.35. The van der Waals surface area contributed by atoms with E-state index in [0.717, 1.165) is 22.1 Å². The lowest BCUT2D eigenvalue weighted by Gasteiger charge is -2.02. The van der Waals surface area contributed by atoms with Crippen LogP contribution in [0.3, 0.4) is 0 Å². The minimum absolute atomic E-state index is 0.539. The fourth-order valence-corrected chi connectivity index (χ4v) is 2.50. The molecule has 2 aromatic heterocycles. The van der Waals surface area contributed by atoms with Gasteiger partial charge in [-0.1, -0.05) is 11.6 Å². The number of aromatic nitrogens is 2. The fourth-order valence-electron chi connectivity index (χ4n) is 1.43. The van der Waals surface area contributed by atoms with E-state index in [2.05, 4.69) is 5.10 Å². The van der Waals surface area contributed by atoms with Crippen LogP contribution in [0.1, 0.15) is 16.1 Å². The van der Waals surface area contributed by atoms with Crippen LogP contribution in [0.4, 0.5) is 0 Å². The van der Waals surface area contributed by atoms with Crippen LogP contribution in [-0.4, -0.2) is 9.78 Å². The van der Waals surface area contributed by atoms with Crippen LogP contribution in [0.15, 0.2) is 18.3 Å². The average molecular weight is 242 g/mol. The Balaban J connectivity index is 2.21. The minimum Gasteiger partial charge on any atom is -0.326 e. The van der Waals surface area contributed by atoms with Crippen molar-refractivity contribution < 1.29 is 0 Å². The molecule has 15 heavy (non-hydrogen) atoms. The van der Waals surface area contributed by atoms with Crippen molar-refractivity contribution in [2.45, 2.75) is 20.0 Å². The van der Waals surface area contributed by atoms with E-state index >= 15 is 0 Å². The standard InChI is InChI=1S/C10H12ClN3S/c1-7-8(4-12)5-13-14(7)6-9-2-3-10(11)15-9/h2-3,5H,4,6,12H2,1H3. The van der Waals surface area contributed by atoms with Gasteiger partial charge in [0.05, 0.1) is 17.1 Å². The normalized spacial score (nSPS) is 10.9. The van der Waals surface area contributed by atoms with Crippen molar-refractivity contribution in [2.75, 3.05) is 0 Å². The number of halogens is 1. The minimum atomic E-state index is 0.539. The number of thiophene rings is 1. The summed E-state index contributed by atoms with van der Waals surface area (Å²) in [7, 11) is 0. The van der Waals surface area contributed by atoms with E-state index in [9.17, 15) is 0 Å². The van der Waals surface area contributed by atoms with E-state index in [-0.39, 0.29) is 0 Å². The number of nitrogens with zero attached hydrogens (tertiary/aromatic N) is 2. The van der Waals surface area contributed by atoms with Gasteiger partial charge in [-0.15, -0.1) is 11.3 Å². The van der Waals surface area contributed by atoms with Crippen LogP contribution >= 0.6 is 22.9 Å². The molecule has 0 amide bonds. The van der Waals surface area contributed by atoms with Crippen LogP contribution < -0.4 is 5.73 Å². The highest BCUT2D eigenvalue weighted by Gasteiger charge is 2.06. The van der Waals surface area contributed by atoms with Crippen molar-refractivity contribution in [1.82, 2.24) is 9.78 Å². The molecular weight excluding hydrogens is 230 g/mol. The molecule has 0 atom stereocenters. The lowest BCUT2D eigenvalue weighted by molar-refractivity contribution is 0.670. The first-order valence-electron chi connectivity index (χ1n) is 4.66. The van der Waals surface area contributed by atoms with Crippen molar-refractivity contribution in [3.63, 3.8) is 0 Å². The quantitative estimate of drug-likeness (QED) is 0.897. The smallest absolute Gasteiger partial charge is 0.0931 e. The molecule has 0 aromatic carbocycles. The zero-order chi connectivity index (χ0) is 10.8. The molecule has 0 saturated heterocycles. The Labute approximate surface area is 97.5 Å². The van der Waals surface area contributed by atoms with E-state index in [0.29, 0.717) is 6.54 Å². The Morgan fingerprint density at radius 1 is 1.53 bits per heavy atom. The molecule has 2 N–H and O–H groups in total. The fraction of sp³-hybridized carbons (Fsp3) is 0.300. The largest absolute Gasteiger partial charge is 0.326 e. The number of nitrogens with two attached hydrogens (primary N) is 1. The van der Waals surface area contributed by atoms with Crippen molar-refractivity contribution >= 4 is 22.9 Å². The van der Waals surface area contributed by atoms with Gasteiger partial charge in [-0.05, 0) is 19.1 Å². The van der Waals surface area contributed by atoms with Gasteiger partial charge in [-0.3, -0.25) is 4.68 Å². The summed E-state index contributed by atoms with van der Waals surface area (Å²) in [5, 5.41) is 4.29. The van der Waals surface area contributed by atoms with Gasteiger partial charge in [0, 0.05) is 22.7 Å². The van der Waals surface area contributed by atoms with Gasteiger partial charge in [-0.25, -0.2) is 0 Å². The van der Waals surface area contributed by atoms with E-state index in [1.807, 2.05) is 29.9 Å². The number of rotatable bonds is 3. The maximum absolute atomic E-state index is 5.87. The van der Waals surface area contributed by atoms with Crippen molar-refractivity contribution in [3.05, 3.63) is 38.8 Å². The second-order valence-corrected chi connectivity index (χ2v) is 5.12. The first-order valence-corrected chi connectivity index (χ1v) is 5.85. The van der Waals surface area contributed by atoms with Gasteiger partial charge in [-0.2, -0.15) is 5.10 Å². The van der Waals surface area contributed by atoms with Crippen LogP contribution in [-0.2, 0) is 13.1 Å². The van der Waals surface area contributed by atoms with Crippen LogP contribution in [0.5, 0.6) is 0 Å². The summed E-state index contributed by atoms with van der Waals surface area (Å²) in [6.45, 7) is 3.34. The highest BCUT2D eigenvalue weighted by atomic mass is 35.5. The van der Waals surface area contributed by atoms with E-state index in [4.69, 9.17) is 17.3 Å². The highest BCUT2D eigenvalue weighted by molar-refractivity contribution is 7.16. The molecule has 0 aliphatic heterocycles. The molecule has 0 spiro atoms. The Morgan fingerprint density at radius 3 is 2.87 bits per heavy atom. The molecule has 0 radical (unpaired) electrons. The predicted octanol–water partition coefficient (Wildman–Crippen LogP) is 2.41. The Hall–Kier alpha value is -0.840. The molecule has 2 heterocycles. The van der Waals surface area contributed by atoms with E-state index in [1.54, 1.807) is 11.3 Å². The maximum Gasteiger partial charge on any atom is 0.0931 e. The third-order valence-electron chi connectivity index (χ3n) is 2.36. The zero-order valence-electron chi connectivity index (χ0n) is 8.40. The predicted molar refractivity (Wildman–Crippen MR) is 63.3 cm³/mol. The van der Waals surface area contributed by atoms with E-state index < -0.39 is 0 Å². The van der Waals surface area contributed by atoms with Gasteiger partial charge in [0.1, 0.15) is 0 Å². The molecule has 2 rings (SSSR count). The zero-order valence-corrected chi connectivity index (χ0v) is 9.98. The molecule has 0 bridgehead atoms. The number of hydrogen-bond donors (Lipinski definition) is 1. The third kappa shape index (κ3) is 2.22. The topological polar surface area (TPSA) is 43.8 Å². The average Bonchev–Trinajstić information content (AvgIpc) is 2.76. The lowest BCUT2D eigenvalue weighted by Crippen LogP contribution is -2.04. The Bertz CT molecular complexity index is 461. The number of hydrogen-bond acceptors (Lipinski definition) is 3.